The number of thioether (sulfide) groups is 1. The van der Waals surface area contributed by atoms with E-state index in [9.17, 15) is 9.59 Å². The van der Waals surface area contributed by atoms with Gasteiger partial charge in [-0.15, -0.1) is 10.2 Å². The van der Waals surface area contributed by atoms with Gasteiger partial charge in [-0.05, 0) is 62.1 Å². The molecule has 1 aliphatic heterocycles. The maximum Gasteiger partial charge on any atom is 0.234 e. The van der Waals surface area contributed by atoms with E-state index in [1.54, 1.807) is 0 Å². The van der Waals surface area contributed by atoms with Gasteiger partial charge in [-0.2, -0.15) is 0 Å². The number of carbonyl (C=O) groups excluding carboxylic acids is 2. The maximum absolute atomic E-state index is 12.4. The minimum atomic E-state index is -0.0891. The summed E-state index contributed by atoms with van der Waals surface area (Å²) in [6.07, 6.45) is 4.10. The van der Waals surface area contributed by atoms with Crippen LogP contribution in [0.3, 0.4) is 0 Å². The number of anilines is 2. The molecule has 1 saturated carbocycles. The van der Waals surface area contributed by atoms with Crippen molar-refractivity contribution in [3.05, 3.63) is 40.9 Å². The molecule has 0 bridgehead atoms. The molecule has 2 N–H and O–H groups in total. The second kappa shape index (κ2) is 9.78. The molecule has 2 aromatic rings. The lowest BCUT2D eigenvalue weighted by atomic mass is 9.97. The van der Waals surface area contributed by atoms with Crippen molar-refractivity contribution in [2.45, 2.75) is 36.8 Å². The van der Waals surface area contributed by atoms with E-state index in [2.05, 4.69) is 41.7 Å². The van der Waals surface area contributed by atoms with E-state index in [0.717, 1.165) is 48.2 Å². The summed E-state index contributed by atoms with van der Waals surface area (Å²) in [6, 6.07) is 11.7. The van der Waals surface area contributed by atoms with Crippen LogP contribution in [-0.4, -0.2) is 46.9 Å². The molecule has 2 aliphatic rings. The van der Waals surface area contributed by atoms with Crippen LogP contribution < -0.4 is 15.5 Å². The Bertz CT molecular complexity index is 889. The average molecular weight is 490 g/mol. The quantitative estimate of drug-likeness (QED) is 0.579. The van der Waals surface area contributed by atoms with Gasteiger partial charge >= 0.3 is 0 Å². The molecule has 1 unspecified atom stereocenters. The second-order valence-corrected chi connectivity index (χ2v) is 9.55. The van der Waals surface area contributed by atoms with Gasteiger partial charge in [0.25, 0.3) is 0 Å². The van der Waals surface area contributed by atoms with E-state index in [0.29, 0.717) is 17.6 Å². The number of aromatic nitrogens is 2. The first-order valence-electron chi connectivity index (χ1n) is 10.1. The Hall–Kier alpha value is -2.13. The molecule has 0 spiro atoms. The van der Waals surface area contributed by atoms with Gasteiger partial charge < -0.3 is 15.5 Å². The smallest absolute Gasteiger partial charge is 0.234 e. The van der Waals surface area contributed by atoms with Crippen molar-refractivity contribution in [3.63, 3.8) is 0 Å². The lowest BCUT2D eigenvalue weighted by molar-refractivity contribution is -0.125. The van der Waals surface area contributed by atoms with Crippen molar-refractivity contribution in [2.24, 2.45) is 5.92 Å². The fourth-order valence-electron chi connectivity index (χ4n) is 3.37. The molecule has 2 fully saturated rings. The Labute approximate surface area is 188 Å². The predicted molar refractivity (Wildman–Crippen MR) is 122 cm³/mol. The van der Waals surface area contributed by atoms with Gasteiger partial charge in [0.05, 0.1) is 11.7 Å². The highest BCUT2D eigenvalue weighted by Gasteiger charge is 2.30. The third kappa shape index (κ3) is 5.95. The Morgan fingerprint density at radius 2 is 1.90 bits per heavy atom. The number of piperidine rings is 1. The summed E-state index contributed by atoms with van der Waals surface area (Å²) in [7, 11) is 0. The van der Waals surface area contributed by atoms with Crippen molar-refractivity contribution in [1.82, 2.24) is 15.5 Å². The summed E-state index contributed by atoms with van der Waals surface area (Å²) in [6.45, 7) is 1.55. The fourth-order valence-corrected chi connectivity index (χ4v) is 4.25. The SMILES string of the molecule is O=C(CSc1ccc(N2CCCC(C(=O)NC3CC3)C2)nn1)Nc1ccc(Br)cc1. The third-order valence-electron chi connectivity index (χ3n) is 5.15. The minimum Gasteiger partial charge on any atom is -0.354 e. The van der Waals surface area contributed by atoms with Crippen molar-refractivity contribution in [3.8, 4) is 0 Å². The standard InChI is InChI=1S/C21H24BrN5O2S/c22-15-3-5-16(6-4-15)23-19(28)13-30-20-10-9-18(25-26-20)27-11-1-2-14(12-27)21(29)24-17-7-8-17/h3-6,9-10,14,17H,1-2,7-8,11-13H2,(H,23,28)(H,24,29). The number of hydrogen-bond acceptors (Lipinski definition) is 6. The highest BCUT2D eigenvalue weighted by Crippen LogP contribution is 2.25. The van der Waals surface area contributed by atoms with Crippen LogP contribution in [0.5, 0.6) is 0 Å². The molecule has 2 amide bonds. The van der Waals surface area contributed by atoms with Gasteiger partial charge in [0.1, 0.15) is 5.03 Å². The normalized spacial score (nSPS) is 18.7. The van der Waals surface area contributed by atoms with Crippen molar-refractivity contribution in [1.29, 1.82) is 0 Å². The molecule has 1 aliphatic carbocycles. The molecule has 1 saturated heterocycles. The van der Waals surface area contributed by atoms with Gasteiger partial charge in [0.2, 0.25) is 11.8 Å². The molecule has 158 valence electrons. The van der Waals surface area contributed by atoms with E-state index in [4.69, 9.17) is 0 Å². The third-order valence-corrected chi connectivity index (χ3v) is 6.59. The zero-order valence-corrected chi connectivity index (χ0v) is 18.9. The van der Waals surface area contributed by atoms with Crippen molar-refractivity contribution >= 4 is 51.0 Å². The Morgan fingerprint density at radius 1 is 1.10 bits per heavy atom. The average Bonchev–Trinajstić information content (AvgIpc) is 3.58. The van der Waals surface area contributed by atoms with Gasteiger partial charge in [0.15, 0.2) is 5.82 Å². The molecule has 7 nitrogen and oxygen atoms in total. The van der Waals surface area contributed by atoms with Gasteiger partial charge in [-0.3, -0.25) is 9.59 Å². The van der Waals surface area contributed by atoms with Gasteiger partial charge in [0, 0.05) is 29.3 Å². The highest BCUT2D eigenvalue weighted by atomic mass is 79.9. The van der Waals surface area contributed by atoms with Crippen LogP contribution in [0.15, 0.2) is 45.9 Å². The molecule has 9 heteroatoms. The molecule has 30 heavy (non-hydrogen) atoms. The highest BCUT2D eigenvalue weighted by molar-refractivity contribution is 9.10. The molecule has 1 aromatic carbocycles. The summed E-state index contributed by atoms with van der Waals surface area (Å²) in [4.78, 5) is 26.6. The van der Waals surface area contributed by atoms with Crippen molar-refractivity contribution in [2.75, 3.05) is 29.1 Å². The van der Waals surface area contributed by atoms with Crippen LogP contribution in [-0.2, 0) is 9.59 Å². The van der Waals surface area contributed by atoms with Crippen LogP contribution in [0.25, 0.3) is 0 Å². The van der Waals surface area contributed by atoms with Crippen molar-refractivity contribution < 1.29 is 9.59 Å². The number of halogens is 1. The summed E-state index contributed by atoms with van der Waals surface area (Å²) >= 11 is 4.72. The van der Waals surface area contributed by atoms with E-state index in [1.165, 1.54) is 11.8 Å². The van der Waals surface area contributed by atoms with Gasteiger partial charge in [-0.1, -0.05) is 27.7 Å². The Balaban J connectivity index is 1.26. The molecular weight excluding hydrogens is 466 g/mol. The lowest BCUT2D eigenvalue weighted by Gasteiger charge is -2.32. The minimum absolute atomic E-state index is 0.0116. The fraction of sp³-hybridized carbons (Fsp3) is 0.429. The Morgan fingerprint density at radius 3 is 2.60 bits per heavy atom. The maximum atomic E-state index is 12.4. The van der Waals surface area contributed by atoms with Gasteiger partial charge in [-0.25, -0.2) is 0 Å². The topological polar surface area (TPSA) is 87.2 Å². The number of benzene rings is 1. The number of hydrogen-bond donors (Lipinski definition) is 2. The van der Waals surface area contributed by atoms with Crippen LogP contribution in [0.1, 0.15) is 25.7 Å². The summed E-state index contributed by atoms with van der Waals surface area (Å²) in [5.74, 6) is 1.13. The van der Waals surface area contributed by atoms with E-state index < -0.39 is 0 Å². The number of carbonyl (C=O) groups is 2. The Kier molecular flexibility index (Phi) is 6.89. The molecule has 2 heterocycles. The number of nitrogens with zero attached hydrogens (tertiary/aromatic N) is 3. The number of amides is 2. The number of nitrogens with one attached hydrogen (secondary N) is 2. The van der Waals surface area contributed by atoms with Crippen LogP contribution >= 0.6 is 27.7 Å². The summed E-state index contributed by atoms with van der Waals surface area (Å²) < 4.78 is 0.966. The molecular formula is C21H24BrN5O2S. The van der Waals surface area contributed by atoms with Crippen LogP contribution in [0, 0.1) is 5.92 Å². The largest absolute Gasteiger partial charge is 0.354 e. The van der Waals surface area contributed by atoms with Crippen LogP contribution in [0.4, 0.5) is 11.5 Å². The van der Waals surface area contributed by atoms with E-state index in [-0.39, 0.29) is 23.5 Å². The molecule has 0 radical (unpaired) electrons. The van der Waals surface area contributed by atoms with Crippen LogP contribution in [0.2, 0.25) is 0 Å². The first-order valence-corrected chi connectivity index (χ1v) is 11.9. The second-order valence-electron chi connectivity index (χ2n) is 7.64. The van der Waals surface area contributed by atoms with E-state index >= 15 is 0 Å². The number of rotatable bonds is 7. The van der Waals surface area contributed by atoms with E-state index in [1.807, 2.05) is 36.4 Å². The zero-order chi connectivity index (χ0) is 20.9. The first kappa shape index (κ1) is 21.1. The molecule has 1 aromatic heterocycles. The lowest BCUT2D eigenvalue weighted by Crippen LogP contribution is -2.44. The zero-order valence-electron chi connectivity index (χ0n) is 16.5. The monoisotopic (exact) mass is 489 g/mol. The molecule has 4 rings (SSSR count). The molecule has 1 atom stereocenters. The first-order chi connectivity index (χ1) is 14.6. The predicted octanol–water partition coefficient (Wildman–Crippen LogP) is 3.46. The summed E-state index contributed by atoms with van der Waals surface area (Å²) in [5, 5.41) is 15.3. The summed E-state index contributed by atoms with van der Waals surface area (Å²) in [5.41, 5.74) is 0.760.